The quantitative estimate of drug-likeness (QED) is 0.695. The molecule has 0 radical (unpaired) electrons. The van der Waals surface area contributed by atoms with Gasteiger partial charge in [-0.15, -0.1) is 0 Å². The summed E-state index contributed by atoms with van der Waals surface area (Å²) < 4.78 is 12.8. The first-order chi connectivity index (χ1) is 6.25. The smallest absolute Gasteiger partial charge is 0.143 e. The molecule has 0 spiro atoms. The summed E-state index contributed by atoms with van der Waals surface area (Å²) in [4.78, 5) is 5.85. The Morgan fingerprint density at radius 1 is 1.54 bits per heavy atom. The molecule has 0 bridgehead atoms. The number of aromatic nitrogens is 1. The van der Waals surface area contributed by atoms with Crippen LogP contribution < -0.4 is 10.6 Å². The molecule has 2 rings (SSSR count). The first kappa shape index (κ1) is 8.44. The summed E-state index contributed by atoms with van der Waals surface area (Å²) in [5.41, 5.74) is 6.57. The van der Waals surface area contributed by atoms with Gasteiger partial charge in [-0.05, 0) is 6.42 Å². The van der Waals surface area contributed by atoms with Crippen molar-refractivity contribution in [2.45, 2.75) is 12.5 Å². The Balaban J connectivity index is 2.16. The van der Waals surface area contributed by atoms with Gasteiger partial charge in [0.1, 0.15) is 5.82 Å². The van der Waals surface area contributed by atoms with Gasteiger partial charge >= 0.3 is 0 Å². The number of pyridine rings is 1. The second kappa shape index (κ2) is 3.30. The maximum Gasteiger partial charge on any atom is 0.143 e. The largest absolute Gasteiger partial charge is 0.369 e. The van der Waals surface area contributed by atoms with Gasteiger partial charge in [0.25, 0.3) is 0 Å². The number of nitrogens with zero attached hydrogens (tertiary/aromatic N) is 2. The van der Waals surface area contributed by atoms with Crippen molar-refractivity contribution in [1.29, 1.82) is 0 Å². The highest BCUT2D eigenvalue weighted by Crippen LogP contribution is 2.18. The summed E-state index contributed by atoms with van der Waals surface area (Å²) in [6.45, 7) is 1.69. The molecule has 13 heavy (non-hydrogen) atoms. The maximum atomic E-state index is 12.8. The molecule has 3 nitrogen and oxygen atoms in total. The molecule has 1 aliphatic heterocycles. The van der Waals surface area contributed by atoms with E-state index >= 15 is 0 Å². The Kier molecular flexibility index (Phi) is 2.14. The van der Waals surface area contributed by atoms with Crippen molar-refractivity contribution in [2.24, 2.45) is 5.73 Å². The van der Waals surface area contributed by atoms with Crippen molar-refractivity contribution >= 4 is 5.69 Å². The van der Waals surface area contributed by atoms with Crippen LogP contribution in [0, 0.1) is 5.82 Å². The fourth-order valence-electron chi connectivity index (χ4n) is 1.60. The Bertz CT molecular complexity index is 303. The molecule has 0 aromatic carbocycles. The molecule has 1 aromatic heterocycles. The first-order valence-electron chi connectivity index (χ1n) is 4.37. The van der Waals surface area contributed by atoms with E-state index in [1.54, 1.807) is 6.20 Å². The predicted molar refractivity (Wildman–Crippen MR) is 49.0 cm³/mol. The zero-order chi connectivity index (χ0) is 9.26. The highest BCUT2D eigenvalue weighted by atomic mass is 19.1. The Morgan fingerprint density at radius 3 is 3.00 bits per heavy atom. The van der Waals surface area contributed by atoms with E-state index in [-0.39, 0.29) is 11.9 Å². The fourth-order valence-corrected chi connectivity index (χ4v) is 1.60. The van der Waals surface area contributed by atoms with Crippen molar-refractivity contribution in [3.8, 4) is 0 Å². The highest BCUT2D eigenvalue weighted by molar-refractivity contribution is 5.45. The summed E-state index contributed by atoms with van der Waals surface area (Å²) in [5, 5.41) is 0. The number of hydrogen-bond donors (Lipinski definition) is 1. The van der Waals surface area contributed by atoms with E-state index in [1.165, 1.54) is 12.3 Å². The van der Waals surface area contributed by atoms with Gasteiger partial charge in [0.15, 0.2) is 0 Å². The van der Waals surface area contributed by atoms with Gasteiger partial charge in [0.05, 0.1) is 18.1 Å². The molecule has 70 valence electrons. The van der Waals surface area contributed by atoms with E-state index in [9.17, 15) is 4.39 Å². The van der Waals surface area contributed by atoms with Crippen molar-refractivity contribution in [3.05, 3.63) is 24.3 Å². The molecule has 0 saturated carbocycles. The molecule has 1 unspecified atom stereocenters. The minimum Gasteiger partial charge on any atom is -0.369 e. The van der Waals surface area contributed by atoms with Crippen LogP contribution in [0.15, 0.2) is 18.5 Å². The maximum absolute atomic E-state index is 12.8. The summed E-state index contributed by atoms with van der Waals surface area (Å²) in [5.74, 6) is -0.294. The Labute approximate surface area is 76.4 Å². The average molecular weight is 181 g/mol. The lowest BCUT2D eigenvalue weighted by Crippen LogP contribution is -2.26. The van der Waals surface area contributed by atoms with Crippen LogP contribution in [0.1, 0.15) is 6.42 Å². The molecule has 1 saturated heterocycles. The lowest BCUT2D eigenvalue weighted by molar-refractivity contribution is 0.620. The van der Waals surface area contributed by atoms with Gasteiger partial charge in [-0.25, -0.2) is 4.39 Å². The van der Waals surface area contributed by atoms with E-state index in [1.807, 2.05) is 0 Å². The van der Waals surface area contributed by atoms with Crippen molar-refractivity contribution < 1.29 is 4.39 Å². The summed E-state index contributed by atoms with van der Waals surface area (Å²) >= 11 is 0. The lowest BCUT2D eigenvalue weighted by Gasteiger charge is -2.16. The number of hydrogen-bond acceptors (Lipinski definition) is 3. The average Bonchev–Trinajstić information content (AvgIpc) is 2.52. The highest BCUT2D eigenvalue weighted by Gasteiger charge is 2.19. The molecular weight excluding hydrogens is 169 g/mol. The molecule has 1 fully saturated rings. The van der Waals surface area contributed by atoms with Crippen molar-refractivity contribution in [3.63, 3.8) is 0 Å². The van der Waals surface area contributed by atoms with Gasteiger partial charge in [-0.2, -0.15) is 0 Å². The summed E-state index contributed by atoms with van der Waals surface area (Å²) in [7, 11) is 0. The van der Waals surface area contributed by atoms with Gasteiger partial charge in [-0.3, -0.25) is 4.98 Å². The van der Waals surface area contributed by atoms with Gasteiger partial charge in [-0.1, -0.05) is 0 Å². The van der Waals surface area contributed by atoms with Crippen molar-refractivity contribution in [2.75, 3.05) is 18.0 Å². The van der Waals surface area contributed by atoms with Crippen LogP contribution in [0.5, 0.6) is 0 Å². The third-order valence-corrected chi connectivity index (χ3v) is 2.28. The SMILES string of the molecule is NC1CCN(c2cncc(F)c2)C1. The minimum absolute atomic E-state index is 0.211. The second-order valence-electron chi connectivity index (χ2n) is 3.36. The summed E-state index contributed by atoms with van der Waals surface area (Å²) in [6.07, 6.45) is 3.84. The van der Waals surface area contributed by atoms with Crippen LogP contribution >= 0.6 is 0 Å². The number of halogens is 1. The van der Waals surface area contributed by atoms with Gasteiger partial charge in [0.2, 0.25) is 0 Å². The zero-order valence-electron chi connectivity index (χ0n) is 7.28. The van der Waals surface area contributed by atoms with E-state index in [2.05, 4.69) is 9.88 Å². The molecule has 0 aliphatic carbocycles. The number of anilines is 1. The third-order valence-electron chi connectivity index (χ3n) is 2.28. The van der Waals surface area contributed by atoms with Gasteiger partial charge < -0.3 is 10.6 Å². The molecule has 1 aromatic rings. The molecule has 0 amide bonds. The topological polar surface area (TPSA) is 42.1 Å². The van der Waals surface area contributed by atoms with Crippen LogP contribution in [0.25, 0.3) is 0 Å². The Morgan fingerprint density at radius 2 is 2.38 bits per heavy atom. The summed E-state index contributed by atoms with van der Waals surface area (Å²) in [6, 6.07) is 1.70. The van der Waals surface area contributed by atoms with E-state index in [0.717, 1.165) is 25.2 Å². The fraction of sp³-hybridized carbons (Fsp3) is 0.444. The molecule has 1 aliphatic rings. The zero-order valence-corrected chi connectivity index (χ0v) is 7.28. The van der Waals surface area contributed by atoms with Crippen LogP contribution in [0.3, 0.4) is 0 Å². The van der Waals surface area contributed by atoms with Crippen LogP contribution in [-0.2, 0) is 0 Å². The molecule has 1 atom stereocenters. The standard InChI is InChI=1S/C9H12FN3/c10-7-3-9(5-12-4-7)13-2-1-8(11)6-13/h3-5,8H,1-2,6,11H2. The van der Waals surface area contributed by atoms with E-state index < -0.39 is 0 Å². The molecule has 2 N–H and O–H groups in total. The van der Waals surface area contributed by atoms with E-state index in [0.29, 0.717) is 0 Å². The first-order valence-corrected chi connectivity index (χ1v) is 4.37. The molecular formula is C9H12FN3. The lowest BCUT2D eigenvalue weighted by atomic mass is 10.3. The van der Waals surface area contributed by atoms with Gasteiger partial charge in [0, 0.05) is 25.2 Å². The monoisotopic (exact) mass is 181 g/mol. The van der Waals surface area contributed by atoms with Crippen LogP contribution in [-0.4, -0.2) is 24.1 Å². The van der Waals surface area contributed by atoms with E-state index in [4.69, 9.17) is 5.73 Å². The third kappa shape index (κ3) is 1.78. The molecule has 4 heteroatoms. The van der Waals surface area contributed by atoms with Crippen LogP contribution in [0.2, 0.25) is 0 Å². The Hall–Kier alpha value is -1.16. The second-order valence-corrected chi connectivity index (χ2v) is 3.36. The predicted octanol–water partition coefficient (Wildman–Crippen LogP) is 0.758. The van der Waals surface area contributed by atoms with Crippen LogP contribution in [0.4, 0.5) is 10.1 Å². The minimum atomic E-state index is -0.294. The van der Waals surface area contributed by atoms with Crippen molar-refractivity contribution in [1.82, 2.24) is 4.98 Å². The number of rotatable bonds is 1. The normalized spacial score (nSPS) is 22.3. The number of nitrogens with two attached hydrogens (primary N) is 1. The molecule has 2 heterocycles.